The largest absolute Gasteiger partial charge is 0.306 e. The molecule has 0 bridgehead atoms. The Labute approximate surface area is 80.3 Å². The van der Waals surface area contributed by atoms with E-state index in [4.69, 9.17) is 0 Å². The number of rotatable bonds is 3. The van der Waals surface area contributed by atoms with Crippen LogP contribution in [0.3, 0.4) is 0 Å². The maximum atomic E-state index is 10.3. The first-order valence-electron chi connectivity index (χ1n) is 5.39. The average molecular weight is 181 g/mol. The highest BCUT2D eigenvalue weighted by Gasteiger charge is 2.53. The Morgan fingerprint density at radius 3 is 3.15 bits per heavy atom. The number of nitrogens with zero attached hydrogens (tertiary/aromatic N) is 1. The highest BCUT2D eigenvalue weighted by atomic mass is 16.1. The number of carbonyl (C=O) groups excluding carboxylic acids is 1. The van der Waals surface area contributed by atoms with Gasteiger partial charge in [0.1, 0.15) is 6.29 Å². The van der Waals surface area contributed by atoms with Gasteiger partial charge in [-0.2, -0.15) is 0 Å². The maximum absolute atomic E-state index is 10.3. The van der Waals surface area contributed by atoms with Gasteiger partial charge in [0, 0.05) is 13.0 Å². The predicted octanol–water partition coefficient (Wildman–Crippen LogP) is 1.70. The molecule has 2 heteroatoms. The molecular weight excluding hydrogens is 162 g/mol. The van der Waals surface area contributed by atoms with Crippen molar-refractivity contribution in [1.82, 2.24) is 4.90 Å². The molecule has 2 aliphatic rings. The van der Waals surface area contributed by atoms with E-state index < -0.39 is 0 Å². The topological polar surface area (TPSA) is 20.3 Å². The first-order chi connectivity index (χ1) is 6.27. The highest BCUT2D eigenvalue weighted by molar-refractivity contribution is 5.49. The summed E-state index contributed by atoms with van der Waals surface area (Å²) in [4.78, 5) is 12.7. The summed E-state index contributed by atoms with van der Waals surface area (Å²) in [5, 5.41) is 0. The van der Waals surface area contributed by atoms with E-state index in [9.17, 15) is 4.79 Å². The SMILES string of the molecule is CN1CCCC2(CC2CCC=O)C1. The van der Waals surface area contributed by atoms with Crippen molar-refractivity contribution < 1.29 is 4.79 Å². The maximum Gasteiger partial charge on any atom is 0.120 e. The molecule has 0 aromatic carbocycles. The monoisotopic (exact) mass is 181 g/mol. The van der Waals surface area contributed by atoms with Gasteiger partial charge in [0.25, 0.3) is 0 Å². The zero-order valence-corrected chi connectivity index (χ0v) is 8.46. The Bertz CT molecular complexity index is 204. The van der Waals surface area contributed by atoms with E-state index in [0.717, 1.165) is 25.0 Å². The van der Waals surface area contributed by atoms with Crippen LogP contribution in [0.25, 0.3) is 0 Å². The summed E-state index contributed by atoms with van der Waals surface area (Å²) in [5.41, 5.74) is 0.635. The van der Waals surface area contributed by atoms with Crippen LogP contribution in [0.4, 0.5) is 0 Å². The number of likely N-dealkylation sites (tertiary alicyclic amines) is 1. The van der Waals surface area contributed by atoms with Gasteiger partial charge in [0.2, 0.25) is 0 Å². The molecule has 0 N–H and O–H groups in total. The van der Waals surface area contributed by atoms with Gasteiger partial charge in [0.15, 0.2) is 0 Å². The van der Waals surface area contributed by atoms with E-state index >= 15 is 0 Å². The predicted molar refractivity (Wildman–Crippen MR) is 52.6 cm³/mol. The minimum atomic E-state index is 0.635. The van der Waals surface area contributed by atoms with Crippen molar-refractivity contribution in [3.63, 3.8) is 0 Å². The summed E-state index contributed by atoms with van der Waals surface area (Å²) in [6, 6.07) is 0. The van der Waals surface area contributed by atoms with Gasteiger partial charge in [0.05, 0.1) is 0 Å². The first kappa shape index (κ1) is 9.20. The second-order valence-corrected chi connectivity index (χ2v) is 4.85. The Balaban J connectivity index is 1.83. The standard InChI is InChI=1S/C11H19NO/c1-12-6-3-5-11(9-12)8-10(11)4-2-7-13/h7,10H,2-6,8-9H2,1H3. The molecule has 2 nitrogen and oxygen atoms in total. The molecule has 1 saturated heterocycles. The number of piperidine rings is 1. The molecule has 0 radical (unpaired) electrons. The first-order valence-corrected chi connectivity index (χ1v) is 5.39. The molecule has 0 aromatic rings. The van der Waals surface area contributed by atoms with E-state index in [1.165, 1.54) is 32.4 Å². The van der Waals surface area contributed by atoms with E-state index in [1.807, 2.05) is 0 Å². The summed E-state index contributed by atoms with van der Waals surface area (Å²) in [6.45, 7) is 2.54. The van der Waals surface area contributed by atoms with Gasteiger partial charge in [-0.3, -0.25) is 0 Å². The number of aldehydes is 1. The Morgan fingerprint density at radius 2 is 2.46 bits per heavy atom. The van der Waals surface area contributed by atoms with Crippen LogP contribution in [0.2, 0.25) is 0 Å². The van der Waals surface area contributed by atoms with E-state index in [-0.39, 0.29) is 0 Å². The molecule has 2 atom stereocenters. The van der Waals surface area contributed by atoms with Gasteiger partial charge in [-0.25, -0.2) is 0 Å². The zero-order chi connectivity index (χ0) is 9.31. The number of hydrogen-bond donors (Lipinski definition) is 0. The van der Waals surface area contributed by atoms with Crippen molar-refractivity contribution in [2.24, 2.45) is 11.3 Å². The summed E-state index contributed by atoms with van der Waals surface area (Å²) in [5.74, 6) is 0.862. The van der Waals surface area contributed by atoms with Crippen LogP contribution >= 0.6 is 0 Å². The van der Waals surface area contributed by atoms with Gasteiger partial charge in [-0.05, 0) is 50.6 Å². The highest BCUT2D eigenvalue weighted by Crippen LogP contribution is 2.59. The summed E-state index contributed by atoms with van der Waals surface area (Å²) in [7, 11) is 2.22. The van der Waals surface area contributed by atoms with Crippen LogP contribution in [0.5, 0.6) is 0 Å². The molecule has 0 amide bonds. The minimum absolute atomic E-state index is 0.635. The Kier molecular flexibility index (Phi) is 2.41. The van der Waals surface area contributed by atoms with Crippen LogP contribution in [0, 0.1) is 11.3 Å². The third kappa shape index (κ3) is 1.78. The van der Waals surface area contributed by atoms with Crippen molar-refractivity contribution in [3.8, 4) is 0 Å². The Hall–Kier alpha value is -0.370. The molecule has 74 valence electrons. The Morgan fingerprint density at radius 1 is 1.62 bits per heavy atom. The van der Waals surface area contributed by atoms with Crippen molar-refractivity contribution in [1.29, 1.82) is 0 Å². The van der Waals surface area contributed by atoms with Crippen LogP contribution in [0.15, 0.2) is 0 Å². The third-order valence-electron chi connectivity index (χ3n) is 3.79. The normalized spacial score (nSPS) is 39.3. The average Bonchev–Trinajstić information content (AvgIpc) is 2.74. The molecule has 1 heterocycles. The minimum Gasteiger partial charge on any atom is -0.306 e. The second kappa shape index (κ2) is 3.41. The molecule has 2 unspecified atom stereocenters. The van der Waals surface area contributed by atoms with E-state index in [1.54, 1.807) is 0 Å². The molecule has 0 aromatic heterocycles. The van der Waals surface area contributed by atoms with Crippen LogP contribution in [-0.2, 0) is 4.79 Å². The van der Waals surface area contributed by atoms with Crippen molar-refractivity contribution >= 4 is 6.29 Å². The van der Waals surface area contributed by atoms with Gasteiger partial charge >= 0.3 is 0 Å². The lowest BCUT2D eigenvalue weighted by molar-refractivity contribution is -0.108. The summed E-state index contributed by atoms with van der Waals surface area (Å²) >= 11 is 0. The molecule has 2 rings (SSSR count). The van der Waals surface area contributed by atoms with Gasteiger partial charge < -0.3 is 9.69 Å². The molecule has 2 fully saturated rings. The van der Waals surface area contributed by atoms with Crippen LogP contribution < -0.4 is 0 Å². The van der Waals surface area contributed by atoms with Crippen LogP contribution in [0.1, 0.15) is 32.1 Å². The fraction of sp³-hybridized carbons (Fsp3) is 0.909. The smallest absolute Gasteiger partial charge is 0.120 e. The summed E-state index contributed by atoms with van der Waals surface area (Å²) in [6.07, 6.45) is 7.12. The van der Waals surface area contributed by atoms with Crippen molar-refractivity contribution in [2.75, 3.05) is 20.1 Å². The molecule has 1 spiro atoms. The van der Waals surface area contributed by atoms with E-state index in [0.29, 0.717) is 5.41 Å². The second-order valence-electron chi connectivity index (χ2n) is 4.85. The van der Waals surface area contributed by atoms with Crippen molar-refractivity contribution in [2.45, 2.75) is 32.1 Å². The number of hydrogen-bond acceptors (Lipinski definition) is 2. The third-order valence-corrected chi connectivity index (χ3v) is 3.79. The number of carbonyl (C=O) groups is 1. The quantitative estimate of drug-likeness (QED) is 0.618. The molecule has 1 aliphatic heterocycles. The van der Waals surface area contributed by atoms with Gasteiger partial charge in [-0.15, -0.1) is 0 Å². The summed E-state index contributed by atoms with van der Waals surface area (Å²) < 4.78 is 0. The lowest BCUT2D eigenvalue weighted by Crippen LogP contribution is -2.34. The fourth-order valence-electron chi connectivity index (χ4n) is 3.01. The molecule has 13 heavy (non-hydrogen) atoms. The molecule has 1 aliphatic carbocycles. The van der Waals surface area contributed by atoms with Gasteiger partial charge in [-0.1, -0.05) is 0 Å². The van der Waals surface area contributed by atoms with Crippen LogP contribution in [-0.4, -0.2) is 31.3 Å². The van der Waals surface area contributed by atoms with Crippen molar-refractivity contribution in [3.05, 3.63) is 0 Å². The molecular formula is C11H19NO. The zero-order valence-electron chi connectivity index (χ0n) is 8.46. The molecule has 1 saturated carbocycles. The fourth-order valence-corrected chi connectivity index (χ4v) is 3.01. The van der Waals surface area contributed by atoms with E-state index in [2.05, 4.69) is 11.9 Å². The lowest BCUT2D eigenvalue weighted by atomic mass is 9.91. The lowest BCUT2D eigenvalue weighted by Gasteiger charge is -2.30.